The fourth-order valence-corrected chi connectivity index (χ4v) is 5.12. The van der Waals surface area contributed by atoms with Crippen molar-refractivity contribution < 1.29 is 18.0 Å². The van der Waals surface area contributed by atoms with E-state index in [0.29, 0.717) is 18.5 Å². The van der Waals surface area contributed by atoms with Crippen molar-refractivity contribution in [2.45, 2.75) is 42.2 Å². The van der Waals surface area contributed by atoms with Gasteiger partial charge in [-0.25, -0.2) is 17.9 Å². The Morgan fingerprint density at radius 3 is 2.26 bits per heavy atom. The summed E-state index contributed by atoms with van der Waals surface area (Å²) in [5, 5.41) is 5.98. The highest BCUT2D eigenvalue weighted by atomic mass is 32.2. The number of hydrogen-bond acceptors (Lipinski definition) is 5. The number of nitrogens with two attached hydrogens (primary N) is 2. The maximum Gasteiger partial charge on any atom is 0.316 e. The molecule has 0 aliphatic heterocycles. The van der Waals surface area contributed by atoms with E-state index >= 15 is 0 Å². The van der Waals surface area contributed by atoms with Gasteiger partial charge in [0.15, 0.2) is 15.5 Å². The van der Waals surface area contributed by atoms with Gasteiger partial charge in [-0.1, -0.05) is 19.3 Å². The number of rotatable bonds is 5. The molecule has 10 heteroatoms. The fraction of sp³-hybridized carbons (Fsp3) is 0.353. The Morgan fingerprint density at radius 1 is 1.07 bits per heavy atom. The summed E-state index contributed by atoms with van der Waals surface area (Å²) in [5.41, 5.74) is 10.8. The fourth-order valence-electron chi connectivity index (χ4n) is 3.27. The molecule has 144 valence electrons. The van der Waals surface area contributed by atoms with Gasteiger partial charge in [0.1, 0.15) is 0 Å². The SMILES string of the molecule is NC(=O)Nc1cn(-c2ccc(S(=O)(=O)C3CCCCC3)cc2)nc1C(N)=O. The molecule has 1 saturated carbocycles. The zero-order valence-corrected chi connectivity index (χ0v) is 15.4. The molecule has 2 aromatic rings. The van der Waals surface area contributed by atoms with E-state index in [1.807, 2.05) is 0 Å². The van der Waals surface area contributed by atoms with Crippen molar-refractivity contribution >= 4 is 27.5 Å². The molecule has 1 aromatic heterocycles. The van der Waals surface area contributed by atoms with Crippen molar-refractivity contribution in [3.63, 3.8) is 0 Å². The average Bonchev–Trinajstić information content (AvgIpc) is 3.06. The van der Waals surface area contributed by atoms with Crippen LogP contribution in [-0.4, -0.2) is 35.4 Å². The van der Waals surface area contributed by atoms with Gasteiger partial charge in [0.05, 0.1) is 27.7 Å². The van der Waals surface area contributed by atoms with Crippen LogP contribution in [-0.2, 0) is 9.84 Å². The monoisotopic (exact) mass is 391 g/mol. The molecule has 3 amide bonds. The molecule has 0 bridgehead atoms. The molecule has 0 radical (unpaired) electrons. The number of anilines is 1. The van der Waals surface area contributed by atoms with E-state index in [9.17, 15) is 18.0 Å². The first-order valence-corrected chi connectivity index (χ1v) is 10.1. The topological polar surface area (TPSA) is 150 Å². The van der Waals surface area contributed by atoms with Crippen LogP contribution in [0.4, 0.5) is 10.5 Å². The molecule has 1 heterocycles. The van der Waals surface area contributed by atoms with Crippen LogP contribution in [0.5, 0.6) is 0 Å². The van der Waals surface area contributed by atoms with Crippen molar-refractivity contribution in [1.29, 1.82) is 0 Å². The van der Waals surface area contributed by atoms with Crippen LogP contribution in [0.25, 0.3) is 5.69 Å². The van der Waals surface area contributed by atoms with E-state index in [1.54, 1.807) is 12.1 Å². The van der Waals surface area contributed by atoms with E-state index in [-0.39, 0.29) is 21.5 Å². The number of aromatic nitrogens is 2. The van der Waals surface area contributed by atoms with Crippen LogP contribution in [0.15, 0.2) is 35.4 Å². The lowest BCUT2D eigenvalue weighted by Crippen LogP contribution is -2.24. The molecule has 1 aliphatic carbocycles. The van der Waals surface area contributed by atoms with Crippen LogP contribution < -0.4 is 16.8 Å². The highest BCUT2D eigenvalue weighted by Crippen LogP contribution is 2.29. The van der Waals surface area contributed by atoms with Crippen molar-refractivity contribution in [3.05, 3.63) is 36.2 Å². The highest BCUT2D eigenvalue weighted by molar-refractivity contribution is 7.92. The number of nitrogens with one attached hydrogen (secondary N) is 1. The van der Waals surface area contributed by atoms with Gasteiger partial charge in [-0.3, -0.25) is 4.79 Å². The number of benzene rings is 1. The molecule has 0 atom stereocenters. The van der Waals surface area contributed by atoms with Crippen molar-refractivity contribution in [2.75, 3.05) is 5.32 Å². The zero-order valence-electron chi connectivity index (χ0n) is 14.6. The van der Waals surface area contributed by atoms with E-state index < -0.39 is 21.8 Å². The van der Waals surface area contributed by atoms with Crippen LogP contribution in [0, 0.1) is 0 Å². The number of primary amides is 2. The molecule has 0 saturated heterocycles. The lowest BCUT2D eigenvalue weighted by molar-refractivity contribution is 0.0996. The summed E-state index contributed by atoms with van der Waals surface area (Å²) in [4.78, 5) is 22.8. The predicted octanol–water partition coefficient (Wildman–Crippen LogP) is 1.57. The van der Waals surface area contributed by atoms with E-state index in [2.05, 4.69) is 10.4 Å². The first-order valence-electron chi connectivity index (χ1n) is 8.59. The molecule has 5 N–H and O–H groups in total. The van der Waals surface area contributed by atoms with E-state index in [0.717, 1.165) is 19.3 Å². The standard InChI is InChI=1S/C17H21N5O4S/c18-16(23)15-14(20-17(19)24)10-22(21-15)11-6-8-13(9-7-11)27(25,26)12-4-2-1-3-5-12/h6-10,12H,1-5H2,(H2,18,23)(H3,19,20,24). The summed E-state index contributed by atoms with van der Waals surface area (Å²) < 4.78 is 26.8. The number of carbonyl (C=O) groups is 2. The van der Waals surface area contributed by atoms with Gasteiger partial charge in [-0.05, 0) is 37.1 Å². The normalized spacial score (nSPS) is 15.4. The van der Waals surface area contributed by atoms with E-state index in [1.165, 1.54) is 23.0 Å². The van der Waals surface area contributed by atoms with Gasteiger partial charge in [-0.2, -0.15) is 5.10 Å². The number of urea groups is 1. The zero-order chi connectivity index (χ0) is 19.6. The quantitative estimate of drug-likeness (QED) is 0.707. The van der Waals surface area contributed by atoms with Crippen LogP contribution >= 0.6 is 0 Å². The Bertz CT molecular complexity index is 960. The van der Waals surface area contributed by atoms with E-state index in [4.69, 9.17) is 11.5 Å². The van der Waals surface area contributed by atoms with Crippen LogP contribution in [0.3, 0.4) is 0 Å². The Morgan fingerprint density at radius 2 is 1.70 bits per heavy atom. The molecule has 1 fully saturated rings. The molecule has 0 unspecified atom stereocenters. The molecular weight excluding hydrogens is 370 g/mol. The molecule has 0 spiro atoms. The third-order valence-electron chi connectivity index (χ3n) is 4.63. The minimum Gasteiger partial charge on any atom is -0.364 e. The van der Waals surface area contributed by atoms with Gasteiger partial charge in [-0.15, -0.1) is 0 Å². The molecule has 1 aromatic carbocycles. The Hall–Kier alpha value is -2.88. The van der Waals surface area contributed by atoms with Gasteiger partial charge >= 0.3 is 6.03 Å². The number of nitrogens with zero attached hydrogens (tertiary/aromatic N) is 2. The summed E-state index contributed by atoms with van der Waals surface area (Å²) in [7, 11) is -3.37. The summed E-state index contributed by atoms with van der Waals surface area (Å²) >= 11 is 0. The van der Waals surface area contributed by atoms with Gasteiger partial charge < -0.3 is 16.8 Å². The first kappa shape index (κ1) is 18.9. The number of sulfone groups is 1. The maximum absolute atomic E-state index is 12.8. The molecule has 27 heavy (non-hydrogen) atoms. The largest absolute Gasteiger partial charge is 0.364 e. The second-order valence-electron chi connectivity index (χ2n) is 6.49. The smallest absolute Gasteiger partial charge is 0.316 e. The molecular formula is C17H21N5O4S. The Labute approximate surface area is 156 Å². The second-order valence-corrected chi connectivity index (χ2v) is 8.72. The maximum atomic E-state index is 12.8. The summed E-state index contributed by atoms with van der Waals surface area (Å²) in [6.07, 6.45) is 5.70. The number of amides is 3. The Balaban J connectivity index is 1.89. The Kier molecular flexibility index (Phi) is 5.17. The second kappa shape index (κ2) is 7.39. The van der Waals surface area contributed by atoms with Crippen LogP contribution in [0.2, 0.25) is 0 Å². The average molecular weight is 391 g/mol. The third kappa shape index (κ3) is 3.95. The summed E-state index contributed by atoms with van der Waals surface area (Å²) in [5.74, 6) is -0.825. The number of hydrogen-bond donors (Lipinski definition) is 3. The lowest BCUT2D eigenvalue weighted by atomic mass is 10.0. The lowest BCUT2D eigenvalue weighted by Gasteiger charge is -2.21. The van der Waals surface area contributed by atoms with Gasteiger partial charge in [0, 0.05) is 0 Å². The predicted molar refractivity (Wildman–Crippen MR) is 99.3 cm³/mol. The highest BCUT2D eigenvalue weighted by Gasteiger charge is 2.28. The summed E-state index contributed by atoms with van der Waals surface area (Å²) in [6.45, 7) is 0. The minimum atomic E-state index is -3.37. The van der Waals surface area contributed by atoms with Gasteiger partial charge in [0.25, 0.3) is 5.91 Å². The van der Waals surface area contributed by atoms with Crippen molar-refractivity contribution in [1.82, 2.24) is 9.78 Å². The van der Waals surface area contributed by atoms with Crippen molar-refractivity contribution in [2.24, 2.45) is 11.5 Å². The molecule has 3 rings (SSSR count). The number of carbonyl (C=O) groups excluding carboxylic acids is 2. The van der Waals surface area contributed by atoms with Crippen molar-refractivity contribution in [3.8, 4) is 5.69 Å². The summed E-state index contributed by atoms with van der Waals surface area (Å²) in [6, 6.07) is 5.35. The molecule has 9 nitrogen and oxygen atoms in total. The third-order valence-corrected chi connectivity index (χ3v) is 6.90. The van der Waals surface area contributed by atoms with Gasteiger partial charge in [0.2, 0.25) is 0 Å². The minimum absolute atomic E-state index is 0.0777. The molecule has 1 aliphatic rings. The first-order chi connectivity index (χ1) is 12.8. The van der Waals surface area contributed by atoms with Crippen LogP contribution in [0.1, 0.15) is 42.6 Å².